The molecule has 4 heteroatoms. The predicted octanol–water partition coefficient (Wildman–Crippen LogP) is 4.17. The molecule has 1 unspecified atom stereocenters. The average molecular weight is 283 g/mol. The number of nitrogens with zero attached hydrogens (tertiary/aromatic N) is 2. The van der Waals surface area contributed by atoms with Crippen LogP contribution in [0.4, 0.5) is 5.69 Å². The van der Waals surface area contributed by atoms with Crippen molar-refractivity contribution in [2.45, 2.75) is 31.7 Å². The van der Waals surface area contributed by atoms with Crippen LogP contribution in [0.25, 0.3) is 11.0 Å². The van der Waals surface area contributed by atoms with E-state index in [1.807, 2.05) is 23.5 Å². The van der Waals surface area contributed by atoms with Crippen LogP contribution in [-0.4, -0.2) is 9.55 Å². The second-order valence-electron chi connectivity index (χ2n) is 5.55. The van der Waals surface area contributed by atoms with Gasteiger partial charge in [-0.05, 0) is 49.4 Å². The van der Waals surface area contributed by atoms with Gasteiger partial charge in [0.25, 0.3) is 0 Å². The lowest BCUT2D eigenvalue weighted by molar-refractivity contribution is 0.629. The molecule has 0 saturated heterocycles. The molecule has 3 aromatic rings. The molecule has 1 aliphatic rings. The summed E-state index contributed by atoms with van der Waals surface area (Å²) in [6, 6.07) is 10.7. The molecule has 0 amide bonds. The first-order valence-electron chi connectivity index (χ1n) is 7.05. The van der Waals surface area contributed by atoms with Crippen molar-refractivity contribution in [3.63, 3.8) is 0 Å². The fraction of sp³-hybridized carbons (Fsp3) is 0.312. The van der Waals surface area contributed by atoms with Gasteiger partial charge in [-0.2, -0.15) is 0 Å². The van der Waals surface area contributed by atoms with Crippen LogP contribution in [0.1, 0.15) is 42.4 Å². The summed E-state index contributed by atoms with van der Waals surface area (Å²) in [6.07, 6.45) is 2.52. The number of benzene rings is 1. The Labute approximate surface area is 122 Å². The molecule has 20 heavy (non-hydrogen) atoms. The number of nitrogen functional groups attached to an aromatic ring is 1. The Balaban J connectivity index is 1.93. The van der Waals surface area contributed by atoms with Crippen LogP contribution in [0.5, 0.6) is 0 Å². The lowest BCUT2D eigenvalue weighted by Crippen LogP contribution is -2.08. The molecule has 0 bridgehead atoms. The van der Waals surface area contributed by atoms with Crippen LogP contribution in [0.15, 0.2) is 35.7 Å². The van der Waals surface area contributed by atoms with E-state index >= 15 is 0 Å². The van der Waals surface area contributed by atoms with Crippen LogP contribution < -0.4 is 5.73 Å². The number of thiophene rings is 1. The van der Waals surface area contributed by atoms with Crippen molar-refractivity contribution in [3.05, 3.63) is 46.4 Å². The van der Waals surface area contributed by atoms with E-state index in [0.29, 0.717) is 12.0 Å². The second-order valence-corrected chi connectivity index (χ2v) is 6.53. The van der Waals surface area contributed by atoms with E-state index in [4.69, 9.17) is 10.7 Å². The maximum atomic E-state index is 5.90. The zero-order valence-electron chi connectivity index (χ0n) is 11.4. The lowest BCUT2D eigenvalue weighted by atomic mass is 10.2. The van der Waals surface area contributed by atoms with Crippen LogP contribution >= 0.6 is 11.3 Å². The summed E-state index contributed by atoms with van der Waals surface area (Å²) >= 11 is 1.81. The molecular weight excluding hydrogens is 266 g/mol. The molecule has 0 spiro atoms. The molecule has 1 fully saturated rings. The molecule has 4 rings (SSSR count). The molecule has 1 aromatic carbocycles. The fourth-order valence-electron chi connectivity index (χ4n) is 2.83. The van der Waals surface area contributed by atoms with Gasteiger partial charge in [0.05, 0.1) is 17.1 Å². The lowest BCUT2D eigenvalue weighted by Gasteiger charge is -2.16. The van der Waals surface area contributed by atoms with Gasteiger partial charge in [0.1, 0.15) is 5.82 Å². The Bertz CT molecular complexity index is 753. The number of aromatic nitrogens is 2. The SMILES string of the molecule is CC(c1cccs1)n1c(C2CC2)nc2cc(N)ccc21. The maximum absolute atomic E-state index is 5.90. The van der Waals surface area contributed by atoms with Crippen molar-refractivity contribution < 1.29 is 0 Å². The number of hydrogen-bond acceptors (Lipinski definition) is 3. The van der Waals surface area contributed by atoms with Crippen molar-refractivity contribution in [2.75, 3.05) is 5.73 Å². The largest absolute Gasteiger partial charge is 0.399 e. The minimum Gasteiger partial charge on any atom is -0.399 e. The van der Waals surface area contributed by atoms with E-state index < -0.39 is 0 Å². The van der Waals surface area contributed by atoms with Crippen molar-refractivity contribution in [2.24, 2.45) is 0 Å². The van der Waals surface area contributed by atoms with E-state index in [0.717, 1.165) is 11.2 Å². The van der Waals surface area contributed by atoms with Crippen LogP contribution in [0, 0.1) is 0 Å². The summed E-state index contributed by atoms with van der Waals surface area (Å²) in [6.45, 7) is 2.26. The van der Waals surface area contributed by atoms with Crippen molar-refractivity contribution in [1.82, 2.24) is 9.55 Å². The molecule has 1 aliphatic carbocycles. The molecular formula is C16H17N3S. The first-order chi connectivity index (χ1) is 9.74. The van der Waals surface area contributed by atoms with Gasteiger partial charge < -0.3 is 10.3 Å². The van der Waals surface area contributed by atoms with Crippen molar-refractivity contribution in [1.29, 1.82) is 0 Å². The highest BCUT2D eigenvalue weighted by atomic mass is 32.1. The van der Waals surface area contributed by atoms with E-state index in [1.54, 1.807) is 0 Å². The van der Waals surface area contributed by atoms with Crippen LogP contribution in [0.2, 0.25) is 0 Å². The van der Waals surface area contributed by atoms with Crippen LogP contribution in [0.3, 0.4) is 0 Å². The quantitative estimate of drug-likeness (QED) is 0.733. The van der Waals surface area contributed by atoms with Gasteiger partial charge in [0.2, 0.25) is 0 Å². The minimum absolute atomic E-state index is 0.333. The number of fused-ring (bicyclic) bond motifs is 1. The minimum atomic E-state index is 0.333. The molecule has 102 valence electrons. The van der Waals surface area contributed by atoms with Gasteiger partial charge >= 0.3 is 0 Å². The molecule has 1 saturated carbocycles. The second kappa shape index (κ2) is 4.35. The fourth-order valence-corrected chi connectivity index (χ4v) is 3.60. The van der Waals surface area contributed by atoms with E-state index in [-0.39, 0.29) is 0 Å². The predicted molar refractivity (Wildman–Crippen MR) is 84.3 cm³/mol. The number of imidazole rings is 1. The van der Waals surface area contributed by atoms with Gasteiger partial charge in [0, 0.05) is 16.5 Å². The molecule has 0 aliphatic heterocycles. The number of anilines is 1. The smallest absolute Gasteiger partial charge is 0.113 e. The third-order valence-corrected chi connectivity index (χ3v) is 5.07. The zero-order valence-corrected chi connectivity index (χ0v) is 12.2. The van der Waals surface area contributed by atoms with E-state index in [2.05, 4.69) is 35.1 Å². The maximum Gasteiger partial charge on any atom is 0.113 e. The molecule has 2 heterocycles. The Morgan fingerprint density at radius 1 is 1.35 bits per heavy atom. The highest BCUT2D eigenvalue weighted by Gasteiger charge is 2.31. The van der Waals surface area contributed by atoms with E-state index in [9.17, 15) is 0 Å². The highest BCUT2D eigenvalue weighted by molar-refractivity contribution is 7.10. The summed E-state index contributed by atoms with van der Waals surface area (Å²) in [5.74, 6) is 1.86. The Morgan fingerprint density at radius 2 is 2.20 bits per heavy atom. The number of hydrogen-bond donors (Lipinski definition) is 1. The Morgan fingerprint density at radius 3 is 2.90 bits per heavy atom. The number of nitrogens with two attached hydrogens (primary N) is 1. The van der Waals surface area contributed by atoms with Crippen molar-refractivity contribution in [3.8, 4) is 0 Å². The van der Waals surface area contributed by atoms with Crippen molar-refractivity contribution >= 4 is 28.1 Å². The van der Waals surface area contributed by atoms with Crippen LogP contribution in [-0.2, 0) is 0 Å². The molecule has 2 N–H and O–H groups in total. The van der Waals surface area contributed by atoms with Gasteiger partial charge in [-0.3, -0.25) is 0 Å². The summed E-state index contributed by atoms with van der Waals surface area (Å²) in [5, 5.41) is 2.14. The summed E-state index contributed by atoms with van der Waals surface area (Å²) < 4.78 is 2.40. The summed E-state index contributed by atoms with van der Waals surface area (Å²) in [7, 11) is 0. The Hall–Kier alpha value is -1.81. The first kappa shape index (κ1) is 12.0. The van der Waals surface area contributed by atoms with Gasteiger partial charge in [-0.15, -0.1) is 11.3 Å². The number of rotatable bonds is 3. The molecule has 3 nitrogen and oxygen atoms in total. The highest BCUT2D eigenvalue weighted by Crippen LogP contribution is 2.43. The normalized spacial score (nSPS) is 16.6. The Kier molecular flexibility index (Phi) is 2.60. The molecule has 2 aromatic heterocycles. The van der Waals surface area contributed by atoms with Gasteiger partial charge in [0.15, 0.2) is 0 Å². The standard InChI is InChI=1S/C16H17N3S/c1-10(15-3-2-8-20-15)19-14-7-6-12(17)9-13(14)18-16(19)11-4-5-11/h2-3,6-11H,4-5,17H2,1H3. The monoisotopic (exact) mass is 283 g/mol. The third-order valence-electron chi connectivity index (χ3n) is 4.03. The third kappa shape index (κ3) is 1.83. The zero-order chi connectivity index (χ0) is 13.7. The molecule has 0 radical (unpaired) electrons. The van der Waals surface area contributed by atoms with E-state index in [1.165, 1.54) is 29.1 Å². The summed E-state index contributed by atoms with van der Waals surface area (Å²) in [4.78, 5) is 6.23. The average Bonchev–Trinajstić information content (AvgIpc) is 3.01. The summed E-state index contributed by atoms with van der Waals surface area (Å²) in [5.41, 5.74) is 8.90. The topological polar surface area (TPSA) is 43.8 Å². The van der Waals surface area contributed by atoms with Gasteiger partial charge in [-0.1, -0.05) is 6.07 Å². The first-order valence-corrected chi connectivity index (χ1v) is 7.93. The van der Waals surface area contributed by atoms with Gasteiger partial charge in [-0.25, -0.2) is 4.98 Å². The molecule has 1 atom stereocenters.